The molecule has 19 heavy (non-hydrogen) atoms. The smallest absolute Gasteiger partial charge is 0.475 e. The summed E-state index contributed by atoms with van der Waals surface area (Å²) >= 11 is 0. The van der Waals surface area contributed by atoms with Crippen LogP contribution in [0.3, 0.4) is 0 Å². The van der Waals surface area contributed by atoms with Crippen LogP contribution in [0.1, 0.15) is 19.8 Å². The van der Waals surface area contributed by atoms with Gasteiger partial charge in [0.15, 0.2) is 0 Å². The minimum atomic E-state index is -5.08. The SMILES string of the molecule is COC(=O)C(C)C1CCNCC1.O=C(O)C(F)(F)F. The van der Waals surface area contributed by atoms with Crippen molar-refractivity contribution in [2.45, 2.75) is 25.9 Å². The van der Waals surface area contributed by atoms with Crippen LogP contribution in [0.4, 0.5) is 13.2 Å². The molecule has 0 aromatic rings. The second-order valence-electron chi connectivity index (χ2n) is 4.20. The standard InChI is InChI=1S/C9H17NO2.C2HF3O2/c1-7(9(11)12-2)8-3-5-10-6-4-8;3-2(4,5)1(6)7/h7-8,10H,3-6H2,1-2H3;(H,6,7). The van der Waals surface area contributed by atoms with Crippen molar-refractivity contribution in [3.63, 3.8) is 0 Å². The van der Waals surface area contributed by atoms with Crippen LogP contribution >= 0.6 is 0 Å². The van der Waals surface area contributed by atoms with Gasteiger partial charge >= 0.3 is 18.1 Å². The van der Waals surface area contributed by atoms with Gasteiger partial charge in [-0.2, -0.15) is 13.2 Å². The fourth-order valence-corrected chi connectivity index (χ4v) is 1.72. The number of halogens is 3. The summed E-state index contributed by atoms with van der Waals surface area (Å²) < 4.78 is 36.4. The number of carboxylic acids is 1. The predicted octanol–water partition coefficient (Wildman–Crippen LogP) is 1.43. The highest BCUT2D eigenvalue weighted by molar-refractivity contribution is 5.73. The second-order valence-corrected chi connectivity index (χ2v) is 4.20. The minimum Gasteiger partial charge on any atom is -0.475 e. The second kappa shape index (κ2) is 7.98. The lowest BCUT2D eigenvalue weighted by Gasteiger charge is -2.26. The molecule has 0 radical (unpaired) electrons. The Hall–Kier alpha value is -1.31. The van der Waals surface area contributed by atoms with Crippen molar-refractivity contribution in [2.75, 3.05) is 20.2 Å². The first-order chi connectivity index (χ1) is 8.70. The number of ether oxygens (including phenoxy) is 1. The Labute approximate surface area is 109 Å². The van der Waals surface area contributed by atoms with Crippen molar-refractivity contribution >= 4 is 11.9 Å². The van der Waals surface area contributed by atoms with E-state index in [1.54, 1.807) is 0 Å². The number of carboxylic acid groups (broad SMARTS) is 1. The number of piperidine rings is 1. The number of aliphatic carboxylic acids is 1. The Balaban J connectivity index is 0.000000399. The van der Waals surface area contributed by atoms with Crippen molar-refractivity contribution in [3.8, 4) is 0 Å². The van der Waals surface area contributed by atoms with Gasteiger partial charge < -0.3 is 15.2 Å². The van der Waals surface area contributed by atoms with Crippen LogP contribution in [0.5, 0.6) is 0 Å². The number of methoxy groups -OCH3 is 1. The Morgan fingerprint density at radius 2 is 1.74 bits per heavy atom. The molecule has 0 aromatic carbocycles. The van der Waals surface area contributed by atoms with Gasteiger partial charge in [0.2, 0.25) is 0 Å². The van der Waals surface area contributed by atoms with Crippen LogP contribution in [0.15, 0.2) is 0 Å². The third kappa shape index (κ3) is 7.00. The molecule has 112 valence electrons. The van der Waals surface area contributed by atoms with E-state index in [4.69, 9.17) is 14.6 Å². The molecule has 1 atom stereocenters. The number of rotatable bonds is 2. The highest BCUT2D eigenvalue weighted by Gasteiger charge is 2.38. The number of alkyl halides is 3. The molecule has 8 heteroatoms. The molecule has 1 heterocycles. The van der Waals surface area contributed by atoms with Crippen LogP contribution in [-0.4, -0.2) is 43.4 Å². The molecular formula is C11H18F3NO4. The predicted molar refractivity (Wildman–Crippen MR) is 60.5 cm³/mol. The van der Waals surface area contributed by atoms with E-state index in [0.29, 0.717) is 5.92 Å². The molecule has 0 spiro atoms. The van der Waals surface area contributed by atoms with Crippen LogP contribution in [0, 0.1) is 11.8 Å². The van der Waals surface area contributed by atoms with Gasteiger partial charge in [0.1, 0.15) is 0 Å². The molecule has 1 unspecified atom stereocenters. The highest BCUT2D eigenvalue weighted by Crippen LogP contribution is 2.22. The van der Waals surface area contributed by atoms with Gasteiger partial charge in [0, 0.05) is 0 Å². The van der Waals surface area contributed by atoms with Crippen LogP contribution in [-0.2, 0) is 14.3 Å². The zero-order valence-electron chi connectivity index (χ0n) is 10.8. The van der Waals surface area contributed by atoms with Crippen molar-refractivity contribution in [2.24, 2.45) is 11.8 Å². The summed E-state index contributed by atoms with van der Waals surface area (Å²) in [6.07, 6.45) is -2.90. The number of carbonyl (C=O) groups excluding carboxylic acids is 1. The summed E-state index contributed by atoms with van der Waals surface area (Å²) in [5.41, 5.74) is 0. The quantitative estimate of drug-likeness (QED) is 0.751. The molecule has 0 bridgehead atoms. The van der Waals surface area contributed by atoms with Crippen molar-refractivity contribution < 1.29 is 32.6 Å². The highest BCUT2D eigenvalue weighted by atomic mass is 19.4. The first kappa shape index (κ1) is 17.7. The summed E-state index contributed by atoms with van der Waals surface area (Å²) in [7, 11) is 1.46. The third-order valence-electron chi connectivity index (χ3n) is 2.91. The van der Waals surface area contributed by atoms with E-state index in [2.05, 4.69) is 5.32 Å². The molecule has 1 fully saturated rings. The Kier molecular flexibility index (Phi) is 7.43. The number of nitrogens with one attached hydrogen (secondary N) is 1. The average molecular weight is 285 g/mol. The Morgan fingerprint density at radius 3 is 2.05 bits per heavy atom. The number of esters is 1. The van der Waals surface area contributed by atoms with E-state index >= 15 is 0 Å². The van der Waals surface area contributed by atoms with Gasteiger partial charge in [-0.05, 0) is 31.8 Å². The maximum atomic E-state index is 11.2. The van der Waals surface area contributed by atoms with E-state index in [1.165, 1.54) is 7.11 Å². The molecular weight excluding hydrogens is 267 g/mol. The van der Waals surface area contributed by atoms with Crippen molar-refractivity contribution in [1.29, 1.82) is 0 Å². The lowest BCUT2D eigenvalue weighted by Crippen LogP contribution is -2.33. The van der Waals surface area contributed by atoms with Gasteiger partial charge in [-0.15, -0.1) is 0 Å². The fraction of sp³-hybridized carbons (Fsp3) is 0.818. The molecule has 0 saturated carbocycles. The van der Waals surface area contributed by atoms with Gasteiger partial charge in [0.05, 0.1) is 13.0 Å². The van der Waals surface area contributed by atoms with E-state index in [0.717, 1.165) is 25.9 Å². The first-order valence-corrected chi connectivity index (χ1v) is 5.78. The van der Waals surface area contributed by atoms with Gasteiger partial charge in [-0.25, -0.2) is 4.79 Å². The van der Waals surface area contributed by atoms with Crippen LogP contribution < -0.4 is 5.32 Å². The van der Waals surface area contributed by atoms with E-state index in [-0.39, 0.29) is 11.9 Å². The van der Waals surface area contributed by atoms with E-state index in [1.807, 2.05) is 6.92 Å². The van der Waals surface area contributed by atoms with E-state index < -0.39 is 12.1 Å². The summed E-state index contributed by atoms with van der Waals surface area (Å²) in [6.45, 7) is 4.03. The number of hydrogen-bond acceptors (Lipinski definition) is 4. The molecule has 1 rings (SSSR count). The maximum Gasteiger partial charge on any atom is 0.490 e. The third-order valence-corrected chi connectivity index (χ3v) is 2.91. The molecule has 0 aliphatic carbocycles. The van der Waals surface area contributed by atoms with Crippen molar-refractivity contribution in [3.05, 3.63) is 0 Å². The molecule has 1 aliphatic rings. The van der Waals surface area contributed by atoms with Gasteiger partial charge in [0.25, 0.3) is 0 Å². The molecule has 2 N–H and O–H groups in total. The molecule has 1 saturated heterocycles. The molecule has 0 aromatic heterocycles. The maximum absolute atomic E-state index is 11.2. The lowest BCUT2D eigenvalue weighted by atomic mass is 9.86. The normalized spacial score (nSPS) is 17.9. The molecule has 5 nitrogen and oxygen atoms in total. The minimum absolute atomic E-state index is 0.0668. The summed E-state index contributed by atoms with van der Waals surface area (Å²) in [4.78, 5) is 20.1. The summed E-state index contributed by atoms with van der Waals surface area (Å²) in [6, 6.07) is 0. The van der Waals surface area contributed by atoms with Crippen molar-refractivity contribution in [1.82, 2.24) is 5.32 Å². The Bertz CT molecular complexity index is 301. The zero-order chi connectivity index (χ0) is 15.1. The topological polar surface area (TPSA) is 75.6 Å². The van der Waals surface area contributed by atoms with E-state index in [9.17, 15) is 18.0 Å². The monoisotopic (exact) mass is 285 g/mol. The molecule has 0 amide bonds. The fourth-order valence-electron chi connectivity index (χ4n) is 1.72. The van der Waals surface area contributed by atoms with Gasteiger partial charge in [-0.3, -0.25) is 4.79 Å². The summed E-state index contributed by atoms with van der Waals surface area (Å²) in [5.74, 6) is -2.25. The average Bonchev–Trinajstić information content (AvgIpc) is 2.37. The molecule has 1 aliphatic heterocycles. The summed E-state index contributed by atoms with van der Waals surface area (Å²) in [5, 5.41) is 10.4. The lowest BCUT2D eigenvalue weighted by molar-refractivity contribution is -0.192. The largest absolute Gasteiger partial charge is 0.490 e. The Morgan fingerprint density at radius 1 is 1.32 bits per heavy atom. The van der Waals surface area contributed by atoms with Crippen LogP contribution in [0.25, 0.3) is 0 Å². The van der Waals surface area contributed by atoms with Crippen LogP contribution in [0.2, 0.25) is 0 Å². The number of carbonyl (C=O) groups is 2. The zero-order valence-corrected chi connectivity index (χ0v) is 10.8. The number of hydrogen-bond donors (Lipinski definition) is 2. The first-order valence-electron chi connectivity index (χ1n) is 5.78. The van der Waals surface area contributed by atoms with Gasteiger partial charge in [-0.1, -0.05) is 6.92 Å².